The molecule has 0 aromatic heterocycles. The molecule has 1 fully saturated rings. The van der Waals surface area contributed by atoms with E-state index in [2.05, 4.69) is 31.4 Å². The van der Waals surface area contributed by atoms with Gasteiger partial charge in [-0.25, -0.2) is 0 Å². The Hall–Kier alpha value is -0.120. The van der Waals surface area contributed by atoms with Crippen molar-refractivity contribution in [3.63, 3.8) is 0 Å². The molecule has 1 heterocycles. The summed E-state index contributed by atoms with van der Waals surface area (Å²) < 4.78 is 5.60. The molecular formula is C13H28N2O. The van der Waals surface area contributed by atoms with Crippen LogP contribution < -0.4 is 10.6 Å². The lowest BCUT2D eigenvalue weighted by atomic mass is 10.1. The van der Waals surface area contributed by atoms with Crippen molar-refractivity contribution in [1.82, 2.24) is 10.6 Å². The molecule has 1 rings (SSSR count). The van der Waals surface area contributed by atoms with Crippen LogP contribution in [0.15, 0.2) is 0 Å². The van der Waals surface area contributed by atoms with Gasteiger partial charge in [0.2, 0.25) is 0 Å². The number of rotatable bonds is 8. The molecule has 1 saturated heterocycles. The van der Waals surface area contributed by atoms with Crippen LogP contribution in [-0.4, -0.2) is 37.9 Å². The smallest absolute Gasteiger partial charge is 0.0576 e. The summed E-state index contributed by atoms with van der Waals surface area (Å²) in [5, 5.41) is 6.98. The van der Waals surface area contributed by atoms with Gasteiger partial charge in [-0.1, -0.05) is 13.8 Å². The molecule has 0 aliphatic carbocycles. The fourth-order valence-electron chi connectivity index (χ4n) is 2.03. The number of nitrogens with one attached hydrogen (secondary N) is 2. The molecular weight excluding hydrogens is 200 g/mol. The highest BCUT2D eigenvalue weighted by Gasteiger charge is 2.14. The molecule has 16 heavy (non-hydrogen) atoms. The lowest BCUT2D eigenvalue weighted by molar-refractivity contribution is 0.102. The Labute approximate surface area is 100 Å². The van der Waals surface area contributed by atoms with Gasteiger partial charge in [-0.15, -0.1) is 0 Å². The molecule has 1 aliphatic heterocycles. The Bertz CT molecular complexity index is 167. The second-order valence-electron chi connectivity index (χ2n) is 5.20. The van der Waals surface area contributed by atoms with Gasteiger partial charge in [0.15, 0.2) is 0 Å². The molecule has 3 heteroatoms. The second-order valence-corrected chi connectivity index (χ2v) is 5.20. The summed E-state index contributed by atoms with van der Waals surface area (Å²) in [5.41, 5.74) is 0. The summed E-state index contributed by atoms with van der Waals surface area (Å²) >= 11 is 0. The van der Waals surface area contributed by atoms with Gasteiger partial charge < -0.3 is 15.4 Å². The van der Waals surface area contributed by atoms with Crippen molar-refractivity contribution in [1.29, 1.82) is 0 Å². The van der Waals surface area contributed by atoms with Crippen LogP contribution in [0.25, 0.3) is 0 Å². The van der Waals surface area contributed by atoms with Crippen molar-refractivity contribution in [2.24, 2.45) is 0 Å². The quantitative estimate of drug-likeness (QED) is 0.623. The Morgan fingerprint density at radius 1 is 1.25 bits per heavy atom. The molecule has 3 nitrogen and oxygen atoms in total. The molecule has 0 bridgehead atoms. The maximum Gasteiger partial charge on any atom is 0.0576 e. The van der Waals surface area contributed by atoms with Crippen molar-refractivity contribution >= 4 is 0 Å². The van der Waals surface area contributed by atoms with Gasteiger partial charge in [-0.2, -0.15) is 0 Å². The first-order chi connectivity index (χ1) is 7.68. The van der Waals surface area contributed by atoms with Gasteiger partial charge in [0.1, 0.15) is 0 Å². The van der Waals surface area contributed by atoms with Gasteiger partial charge in [0.25, 0.3) is 0 Å². The fourth-order valence-corrected chi connectivity index (χ4v) is 2.03. The predicted molar refractivity (Wildman–Crippen MR) is 68.8 cm³/mol. The van der Waals surface area contributed by atoms with E-state index in [0.717, 1.165) is 19.7 Å². The number of hydrogen-bond donors (Lipinski definition) is 2. The van der Waals surface area contributed by atoms with Crippen molar-refractivity contribution in [3.8, 4) is 0 Å². The largest absolute Gasteiger partial charge is 0.378 e. The molecule has 96 valence electrons. The summed E-state index contributed by atoms with van der Waals surface area (Å²) in [6.07, 6.45) is 5.52. The molecule has 0 saturated carbocycles. The number of hydrogen-bond acceptors (Lipinski definition) is 3. The SMILES string of the molecule is CC(C)NCC(C)NCCCC1CCCO1. The maximum atomic E-state index is 5.60. The molecule has 2 N–H and O–H groups in total. The van der Waals surface area contributed by atoms with Crippen molar-refractivity contribution < 1.29 is 4.74 Å². The van der Waals surface area contributed by atoms with Gasteiger partial charge in [0, 0.05) is 25.2 Å². The highest BCUT2D eigenvalue weighted by molar-refractivity contribution is 4.68. The topological polar surface area (TPSA) is 33.3 Å². The first-order valence-electron chi connectivity index (χ1n) is 6.77. The summed E-state index contributed by atoms with van der Waals surface area (Å²) in [4.78, 5) is 0. The van der Waals surface area contributed by atoms with E-state index < -0.39 is 0 Å². The van der Waals surface area contributed by atoms with Crippen LogP contribution in [0.1, 0.15) is 46.5 Å². The van der Waals surface area contributed by atoms with E-state index in [1.54, 1.807) is 0 Å². The van der Waals surface area contributed by atoms with E-state index >= 15 is 0 Å². The van der Waals surface area contributed by atoms with Crippen molar-refractivity contribution in [3.05, 3.63) is 0 Å². The van der Waals surface area contributed by atoms with Crippen LogP contribution in [-0.2, 0) is 4.74 Å². The molecule has 0 aromatic carbocycles. The first-order valence-corrected chi connectivity index (χ1v) is 6.77. The van der Waals surface area contributed by atoms with Crippen LogP contribution >= 0.6 is 0 Å². The molecule has 0 amide bonds. The average molecular weight is 228 g/mol. The average Bonchev–Trinajstić information content (AvgIpc) is 2.74. The lowest BCUT2D eigenvalue weighted by Crippen LogP contribution is -2.39. The van der Waals surface area contributed by atoms with Gasteiger partial charge in [-0.05, 0) is 39.2 Å². The standard InChI is InChI=1S/C13H28N2O/c1-11(2)15-10-12(3)14-8-4-6-13-7-5-9-16-13/h11-15H,4-10H2,1-3H3. The third-order valence-corrected chi connectivity index (χ3v) is 3.05. The monoisotopic (exact) mass is 228 g/mol. The Morgan fingerprint density at radius 3 is 2.69 bits per heavy atom. The minimum Gasteiger partial charge on any atom is -0.378 e. The van der Waals surface area contributed by atoms with E-state index in [9.17, 15) is 0 Å². The predicted octanol–water partition coefficient (Wildman–Crippen LogP) is 1.92. The number of ether oxygens (including phenoxy) is 1. The van der Waals surface area contributed by atoms with Crippen LogP contribution in [0.3, 0.4) is 0 Å². The third kappa shape index (κ3) is 6.46. The normalized spacial score (nSPS) is 22.9. The summed E-state index contributed by atoms with van der Waals surface area (Å²) in [7, 11) is 0. The van der Waals surface area contributed by atoms with Crippen molar-refractivity contribution in [2.75, 3.05) is 19.7 Å². The van der Waals surface area contributed by atoms with Gasteiger partial charge in [-0.3, -0.25) is 0 Å². The molecule has 0 spiro atoms. The minimum atomic E-state index is 0.547. The van der Waals surface area contributed by atoms with Crippen LogP contribution in [0, 0.1) is 0 Å². The summed E-state index contributed by atoms with van der Waals surface area (Å²) in [6.45, 7) is 9.75. The zero-order chi connectivity index (χ0) is 11.8. The molecule has 2 atom stereocenters. The molecule has 2 unspecified atom stereocenters. The highest BCUT2D eigenvalue weighted by Crippen LogP contribution is 2.16. The Morgan fingerprint density at radius 2 is 2.06 bits per heavy atom. The lowest BCUT2D eigenvalue weighted by Gasteiger charge is -2.17. The maximum absolute atomic E-state index is 5.60. The van der Waals surface area contributed by atoms with E-state index in [1.165, 1.54) is 25.7 Å². The summed E-state index contributed by atoms with van der Waals surface area (Å²) in [6, 6.07) is 1.14. The van der Waals surface area contributed by atoms with Crippen LogP contribution in [0.4, 0.5) is 0 Å². The highest BCUT2D eigenvalue weighted by atomic mass is 16.5. The van der Waals surface area contributed by atoms with Gasteiger partial charge >= 0.3 is 0 Å². The Balaban J connectivity index is 1.89. The minimum absolute atomic E-state index is 0.547. The third-order valence-electron chi connectivity index (χ3n) is 3.05. The van der Waals surface area contributed by atoms with Crippen LogP contribution in [0.5, 0.6) is 0 Å². The first kappa shape index (κ1) is 13.9. The zero-order valence-electron chi connectivity index (χ0n) is 11.1. The molecule has 1 aliphatic rings. The van der Waals surface area contributed by atoms with E-state index in [1.807, 2.05) is 0 Å². The van der Waals surface area contributed by atoms with Crippen LogP contribution in [0.2, 0.25) is 0 Å². The summed E-state index contributed by atoms with van der Waals surface area (Å²) in [5.74, 6) is 0. The van der Waals surface area contributed by atoms with Gasteiger partial charge in [0.05, 0.1) is 6.10 Å². The van der Waals surface area contributed by atoms with E-state index in [-0.39, 0.29) is 0 Å². The molecule has 0 aromatic rings. The van der Waals surface area contributed by atoms with E-state index in [4.69, 9.17) is 4.74 Å². The Kier molecular flexibility index (Phi) is 7.01. The van der Waals surface area contributed by atoms with Crippen molar-refractivity contribution in [2.45, 2.75) is 64.6 Å². The molecule has 0 radical (unpaired) electrons. The second kappa shape index (κ2) is 8.04. The zero-order valence-corrected chi connectivity index (χ0v) is 11.1. The van der Waals surface area contributed by atoms with E-state index in [0.29, 0.717) is 18.2 Å². The fraction of sp³-hybridized carbons (Fsp3) is 1.00.